The van der Waals surface area contributed by atoms with Crippen molar-refractivity contribution in [1.29, 1.82) is 5.26 Å². The van der Waals surface area contributed by atoms with Crippen LogP contribution in [0.5, 0.6) is 0 Å². The van der Waals surface area contributed by atoms with Crippen LogP contribution < -0.4 is 11.1 Å². The second-order valence-electron chi connectivity index (χ2n) is 6.15. The molecular weight excluding hydrogens is 322 g/mol. The van der Waals surface area contributed by atoms with Gasteiger partial charge in [-0.15, -0.1) is 0 Å². The lowest BCUT2D eigenvalue weighted by Crippen LogP contribution is -2.45. The van der Waals surface area contributed by atoms with Crippen LogP contribution in [0.4, 0.5) is 11.4 Å². The smallest absolute Gasteiger partial charge is 0.269 e. The number of benzene rings is 1. The third-order valence-electron chi connectivity index (χ3n) is 4.35. The summed E-state index contributed by atoms with van der Waals surface area (Å²) in [6.45, 7) is 1.32. The van der Waals surface area contributed by atoms with Gasteiger partial charge in [0.05, 0.1) is 17.0 Å². The van der Waals surface area contributed by atoms with Gasteiger partial charge in [0.2, 0.25) is 5.91 Å². The van der Waals surface area contributed by atoms with Crippen molar-refractivity contribution in [2.24, 2.45) is 5.73 Å². The SMILES string of the molecule is N#C[C@@H]1CCCN1C(=O)[C@@H](N)CCCCNc1ccc([N+](=O)[O-])cc1. The monoisotopic (exact) mass is 345 g/mol. The van der Waals surface area contributed by atoms with Gasteiger partial charge in [0.1, 0.15) is 6.04 Å². The van der Waals surface area contributed by atoms with Crippen LogP contribution in [-0.2, 0) is 4.79 Å². The highest BCUT2D eigenvalue weighted by Gasteiger charge is 2.31. The molecule has 0 spiro atoms. The zero-order valence-corrected chi connectivity index (χ0v) is 14.1. The number of nitro groups is 1. The van der Waals surface area contributed by atoms with Gasteiger partial charge in [0, 0.05) is 30.9 Å². The number of nitriles is 1. The van der Waals surface area contributed by atoms with Gasteiger partial charge in [-0.05, 0) is 44.2 Å². The molecule has 0 aliphatic carbocycles. The summed E-state index contributed by atoms with van der Waals surface area (Å²) in [5.41, 5.74) is 6.85. The molecule has 1 heterocycles. The van der Waals surface area contributed by atoms with Gasteiger partial charge in [-0.1, -0.05) is 0 Å². The number of hydrogen-bond donors (Lipinski definition) is 2. The average Bonchev–Trinajstić information content (AvgIpc) is 3.09. The molecular formula is C17H23N5O3. The van der Waals surface area contributed by atoms with E-state index < -0.39 is 11.0 Å². The highest BCUT2D eigenvalue weighted by atomic mass is 16.6. The zero-order valence-electron chi connectivity index (χ0n) is 14.1. The third kappa shape index (κ3) is 5.16. The van der Waals surface area contributed by atoms with Crippen LogP contribution in [0.15, 0.2) is 24.3 Å². The number of hydrogen-bond acceptors (Lipinski definition) is 6. The molecule has 1 saturated heterocycles. The molecule has 3 N–H and O–H groups in total. The molecule has 134 valence electrons. The Balaban J connectivity index is 1.66. The first-order valence-electron chi connectivity index (χ1n) is 8.47. The van der Waals surface area contributed by atoms with E-state index in [0.717, 1.165) is 31.4 Å². The minimum Gasteiger partial charge on any atom is -0.385 e. The summed E-state index contributed by atoms with van der Waals surface area (Å²) in [6, 6.07) is 7.51. The van der Waals surface area contributed by atoms with Crippen LogP contribution in [-0.4, -0.2) is 40.9 Å². The van der Waals surface area contributed by atoms with Crippen molar-refractivity contribution in [2.45, 2.75) is 44.2 Å². The first-order valence-corrected chi connectivity index (χ1v) is 8.47. The van der Waals surface area contributed by atoms with E-state index >= 15 is 0 Å². The average molecular weight is 345 g/mol. The normalized spacial score (nSPS) is 17.8. The summed E-state index contributed by atoms with van der Waals surface area (Å²) in [6.07, 6.45) is 3.79. The van der Waals surface area contributed by atoms with E-state index in [2.05, 4.69) is 11.4 Å². The van der Waals surface area contributed by atoms with E-state index in [0.29, 0.717) is 19.5 Å². The Morgan fingerprint density at radius 3 is 2.80 bits per heavy atom. The summed E-state index contributed by atoms with van der Waals surface area (Å²) in [4.78, 5) is 24.0. The Bertz CT molecular complexity index is 641. The number of nitrogens with one attached hydrogen (secondary N) is 1. The molecule has 0 unspecified atom stereocenters. The molecule has 2 atom stereocenters. The molecule has 2 rings (SSSR count). The first-order chi connectivity index (χ1) is 12.0. The fourth-order valence-corrected chi connectivity index (χ4v) is 2.92. The number of nitro benzene ring substituents is 1. The third-order valence-corrected chi connectivity index (χ3v) is 4.35. The van der Waals surface area contributed by atoms with E-state index in [1.165, 1.54) is 12.1 Å². The topological polar surface area (TPSA) is 125 Å². The predicted molar refractivity (Wildman–Crippen MR) is 93.8 cm³/mol. The van der Waals surface area contributed by atoms with Crippen molar-refractivity contribution < 1.29 is 9.72 Å². The molecule has 1 aliphatic rings. The number of carbonyl (C=O) groups excluding carboxylic acids is 1. The Morgan fingerprint density at radius 1 is 1.44 bits per heavy atom. The highest BCUT2D eigenvalue weighted by Crippen LogP contribution is 2.18. The fraction of sp³-hybridized carbons (Fsp3) is 0.529. The van der Waals surface area contributed by atoms with Crippen LogP contribution >= 0.6 is 0 Å². The largest absolute Gasteiger partial charge is 0.385 e. The predicted octanol–water partition coefficient (Wildman–Crippen LogP) is 2.02. The van der Waals surface area contributed by atoms with E-state index in [1.54, 1.807) is 17.0 Å². The van der Waals surface area contributed by atoms with E-state index in [4.69, 9.17) is 11.0 Å². The van der Waals surface area contributed by atoms with Crippen LogP contribution in [0.1, 0.15) is 32.1 Å². The summed E-state index contributed by atoms with van der Waals surface area (Å²) in [5, 5.41) is 22.8. The number of non-ortho nitro benzene ring substituents is 1. The van der Waals surface area contributed by atoms with Gasteiger partial charge in [-0.25, -0.2) is 0 Å². The lowest BCUT2D eigenvalue weighted by atomic mass is 10.1. The highest BCUT2D eigenvalue weighted by molar-refractivity contribution is 5.82. The number of amides is 1. The second-order valence-corrected chi connectivity index (χ2v) is 6.15. The standard InChI is InChI=1S/C17H23N5O3/c18-12-15-4-3-11-21(15)17(23)16(19)5-1-2-10-20-13-6-8-14(9-7-13)22(24)25/h6-9,15-16,20H,1-5,10-11,19H2/t15-,16-/m0/s1. The summed E-state index contributed by atoms with van der Waals surface area (Å²) >= 11 is 0. The molecule has 0 radical (unpaired) electrons. The minimum absolute atomic E-state index is 0.0626. The fourth-order valence-electron chi connectivity index (χ4n) is 2.92. The molecule has 1 aromatic rings. The van der Waals surface area contributed by atoms with Crippen molar-refractivity contribution in [2.75, 3.05) is 18.4 Å². The van der Waals surface area contributed by atoms with Crippen molar-refractivity contribution in [3.05, 3.63) is 34.4 Å². The summed E-state index contributed by atoms with van der Waals surface area (Å²) < 4.78 is 0. The molecule has 25 heavy (non-hydrogen) atoms. The van der Waals surface area contributed by atoms with Crippen LogP contribution in [0, 0.1) is 21.4 Å². The maximum absolute atomic E-state index is 12.3. The molecule has 0 aromatic heterocycles. The Hall–Kier alpha value is -2.66. The van der Waals surface area contributed by atoms with Crippen molar-refractivity contribution in [1.82, 2.24) is 4.90 Å². The van der Waals surface area contributed by atoms with Gasteiger partial charge in [0.15, 0.2) is 0 Å². The lowest BCUT2D eigenvalue weighted by molar-refractivity contribution is -0.384. The summed E-state index contributed by atoms with van der Waals surface area (Å²) in [5.74, 6) is -0.132. The van der Waals surface area contributed by atoms with Gasteiger partial charge in [-0.3, -0.25) is 14.9 Å². The van der Waals surface area contributed by atoms with Gasteiger partial charge < -0.3 is 16.0 Å². The Morgan fingerprint density at radius 2 is 2.16 bits per heavy atom. The van der Waals surface area contributed by atoms with Crippen molar-refractivity contribution in [3.63, 3.8) is 0 Å². The maximum Gasteiger partial charge on any atom is 0.269 e. The van der Waals surface area contributed by atoms with Crippen molar-refractivity contribution in [3.8, 4) is 6.07 Å². The van der Waals surface area contributed by atoms with Crippen molar-refractivity contribution >= 4 is 17.3 Å². The Kier molecular flexibility index (Phi) is 6.71. The minimum atomic E-state index is -0.562. The molecule has 1 amide bonds. The first kappa shape index (κ1) is 18.7. The number of anilines is 1. The second kappa shape index (κ2) is 8.99. The maximum atomic E-state index is 12.3. The van der Waals surface area contributed by atoms with Gasteiger partial charge in [0.25, 0.3) is 5.69 Å². The quantitative estimate of drug-likeness (QED) is 0.422. The molecule has 1 fully saturated rings. The van der Waals surface area contributed by atoms with Crippen LogP contribution in [0.25, 0.3) is 0 Å². The Labute approximate surface area is 146 Å². The van der Waals surface area contributed by atoms with Crippen LogP contribution in [0.3, 0.4) is 0 Å². The number of rotatable bonds is 8. The van der Waals surface area contributed by atoms with E-state index in [1.807, 2.05) is 0 Å². The molecule has 8 heteroatoms. The van der Waals surface area contributed by atoms with Crippen LogP contribution in [0.2, 0.25) is 0 Å². The van der Waals surface area contributed by atoms with Gasteiger partial charge in [-0.2, -0.15) is 5.26 Å². The number of likely N-dealkylation sites (tertiary alicyclic amines) is 1. The molecule has 1 aliphatic heterocycles. The molecule has 0 saturated carbocycles. The number of carbonyl (C=O) groups is 1. The number of nitrogens with two attached hydrogens (primary N) is 1. The van der Waals surface area contributed by atoms with E-state index in [-0.39, 0.29) is 17.6 Å². The zero-order chi connectivity index (χ0) is 18.2. The molecule has 1 aromatic carbocycles. The van der Waals surface area contributed by atoms with E-state index in [9.17, 15) is 14.9 Å². The lowest BCUT2D eigenvalue weighted by Gasteiger charge is -2.23. The molecule has 8 nitrogen and oxygen atoms in total. The number of nitrogens with zero attached hydrogens (tertiary/aromatic N) is 3. The number of unbranched alkanes of at least 4 members (excludes halogenated alkanes) is 1. The molecule has 0 bridgehead atoms. The van der Waals surface area contributed by atoms with Gasteiger partial charge >= 0.3 is 0 Å². The summed E-state index contributed by atoms with van der Waals surface area (Å²) in [7, 11) is 0.